The first-order valence-corrected chi connectivity index (χ1v) is 7.59. The van der Waals surface area contributed by atoms with E-state index in [-0.39, 0.29) is 12.3 Å². The number of hydrogen-bond donors (Lipinski definition) is 4. The maximum atomic E-state index is 5.16. The van der Waals surface area contributed by atoms with Crippen molar-refractivity contribution in [3.8, 4) is 11.5 Å². The minimum Gasteiger partial charge on any atom is -0.497 e. The van der Waals surface area contributed by atoms with Crippen LogP contribution >= 0.6 is 0 Å². The minimum absolute atomic E-state index is 0.152. The predicted octanol–water partition coefficient (Wildman–Crippen LogP) is 2.38. The highest BCUT2D eigenvalue weighted by Crippen LogP contribution is 2.19. The molecule has 1 saturated heterocycles. The van der Waals surface area contributed by atoms with Crippen LogP contribution in [0.4, 0.5) is 11.4 Å². The van der Waals surface area contributed by atoms with E-state index in [0.717, 1.165) is 29.3 Å². The van der Waals surface area contributed by atoms with Gasteiger partial charge in [0.1, 0.15) is 11.5 Å². The number of nitrogens with one attached hydrogen (secondary N) is 4. The Kier molecular flexibility index (Phi) is 4.85. The van der Waals surface area contributed by atoms with E-state index in [1.807, 2.05) is 48.5 Å². The Labute approximate surface area is 136 Å². The second kappa shape index (κ2) is 7.21. The van der Waals surface area contributed by atoms with Crippen molar-refractivity contribution in [2.75, 3.05) is 24.9 Å². The number of methoxy groups -OCH3 is 2. The third-order valence-electron chi connectivity index (χ3n) is 3.77. The van der Waals surface area contributed by atoms with Crippen LogP contribution in [0.2, 0.25) is 0 Å². The molecule has 4 N–H and O–H groups in total. The van der Waals surface area contributed by atoms with Crippen LogP contribution in [0.15, 0.2) is 48.5 Å². The highest BCUT2D eigenvalue weighted by atomic mass is 16.5. The fourth-order valence-corrected chi connectivity index (χ4v) is 2.52. The highest BCUT2D eigenvalue weighted by Gasteiger charge is 2.23. The van der Waals surface area contributed by atoms with E-state index in [1.54, 1.807) is 14.2 Å². The smallest absolute Gasteiger partial charge is 0.119 e. The van der Waals surface area contributed by atoms with Crippen molar-refractivity contribution in [1.29, 1.82) is 0 Å². The Morgan fingerprint density at radius 3 is 1.48 bits per heavy atom. The summed E-state index contributed by atoms with van der Waals surface area (Å²) < 4.78 is 10.3. The number of anilines is 2. The van der Waals surface area contributed by atoms with Crippen LogP contribution in [0.25, 0.3) is 0 Å². The van der Waals surface area contributed by atoms with Crippen LogP contribution in [0.5, 0.6) is 11.5 Å². The molecule has 1 fully saturated rings. The molecule has 0 spiro atoms. The molecule has 1 aliphatic rings. The average molecular weight is 314 g/mol. The van der Waals surface area contributed by atoms with Crippen LogP contribution < -0.4 is 31.0 Å². The molecule has 0 aliphatic carbocycles. The Bertz CT molecular complexity index is 560. The van der Waals surface area contributed by atoms with Gasteiger partial charge in [-0.05, 0) is 48.5 Å². The molecule has 0 saturated carbocycles. The maximum absolute atomic E-state index is 5.16. The molecule has 0 aromatic heterocycles. The fraction of sp³-hybridized carbons (Fsp3) is 0.294. The highest BCUT2D eigenvalue weighted by molar-refractivity contribution is 5.48. The van der Waals surface area contributed by atoms with E-state index in [9.17, 15) is 0 Å². The monoisotopic (exact) mass is 314 g/mol. The maximum Gasteiger partial charge on any atom is 0.119 e. The van der Waals surface area contributed by atoms with Gasteiger partial charge in [-0.3, -0.25) is 0 Å². The van der Waals surface area contributed by atoms with E-state index in [2.05, 4.69) is 21.5 Å². The molecule has 1 aliphatic heterocycles. The lowest BCUT2D eigenvalue weighted by Gasteiger charge is -2.15. The predicted molar refractivity (Wildman–Crippen MR) is 91.7 cm³/mol. The van der Waals surface area contributed by atoms with Crippen LogP contribution in [-0.2, 0) is 0 Å². The van der Waals surface area contributed by atoms with Gasteiger partial charge in [0.25, 0.3) is 0 Å². The minimum atomic E-state index is 0.152. The third-order valence-corrected chi connectivity index (χ3v) is 3.77. The summed E-state index contributed by atoms with van der Waals surface area (Å²) in [6, 6.07) is 15.8. The number of hydrogen-bond acceptors (Lipinski definition) is 6. The fourth-order valence-electron chi connectivity index (χ4n) is 2.52. The number of hydrazine groups is 1. The molecule has 2 atom stereocenters. The van der Waals surface area contributed by atoms with Crippen molar-refractivity contribution in [3.63, 3.8) is 0 Å². The van der Waals surface area contributed by atoms with Gasteiger partial charge in [0.2, 0.25) is 0 Å². The summed E-state index contributed by atoms with van der Waals surface area (Å²) >= 11 is 0. The number of ether oxygens (including phenoxy) is 2. The molecule has 1 heterocycles. The molecule has 122 valence electrons. The molecule has 2 aromatic carbocycles. The Morgan fingerprint density at radius 2 is 1.13 bits per heavy atom. The Balaban J connectivity index is 1.51. The van der Waals surface area contributed by atoms with Gasteiger partial charge in [-0.1, -0.05) is 0 Å². The molecular formula is C17H22N4O2. The van der Waals surface area contributed by atoms with Crippen molar-refractivity contribution in [2.24, 2.45) is 0 Å². The number of benzene rings is 2. The summed E-state index contributed by atoms with van der Waals surface area (Å²) in [4.78, 5) is 0. The van der Waals surface area contributed by atoms with Crippen LogP contribution in [-0.4, -0.2) is 26.6 Å². The topological polar surface area (TPSA) is 66.6 Å². The quantitative estimate of drug-likeness (QED) is 0.656. The second-order valence-electron chi connectivity index (χ2n) is 5.38. The third kappa shape index (κ3) is 4.06. The van der Waals surface area contributed by atoms with Crippen molar-refractivity contribution in [1.82, 2.24) is 10.9 Å². The molecule has 0 bridgehead atoms. The Hall–Kier alpha value is -2.44. The van der Waals surface area contributed by atoms with Gasteiger partial charge >= 0.3 is 0 Å². The number of rotatable bonds is 6. The first kappa shape index (κ1) is 15.5. The Morgan fingerprint density at radius 1 is 0.739 bits per heavy atom. The zero-order valence-corrected chi connectivity index (χ0v) is 13.3. The average Bonchev–Trinajstić information content (AvgIpc) is 3.03. The van der Waals surface area contributed by atoms with Gasteiger partial charge in [0.05, 0.1) is 26.6 Å². The van der Waals surface area contributed by atoms with Crippen molar-refractivity contribution >= 4 is 11.4 Å². The summed E-state index contributed by atoms with van der Waals surface area (Å²) in [5.74, 6) is 1.71. The van der Waals surface area contributed by atoms with Crippen molar-refractivity contribution < 1.29 is 9.47 Å². The van der Waals surface area contributed by atoms with Gasteiger partial charge in [-0.2, -0.15) is 0 Å². The lowest BCUT2D eigenvalue weighted by atomic mass is 10.2. The largest absolute Gasteiger partial charge is 0.497 e. The van der Waals surface area contributed by atoms with Gasteiger partial charge in [-0.15, -0.1) is 0 Å². The van der Waals surface area contributed by atoms with E-state index < -0.39 is 0 Å². The lowest BCUT2D eigenvalue weighted by Crippen LogP contribution is -2.39. The first-order chi connectivity index (χ1) is 11.3. The summed E-state index contributed by atoms with van der Waals surface area (Å²) in [5, 5.41) is 6.87. The zero-order valence-electron chi connectivity index (χ0n) is 13.3. The molecular weight excluding hydrogens is 292 g/mol. The summed E-state index contributed by atoms with van der Waals surface area (Å²) in [6.07, 6.45) is 1.20. The van der Waals surface area contributed by atoms with Gasteiger partial charge in [0, 0.05) is 17.8 Å². The first-order valence-electron chi connectivity index (χ1n) is 7.59. The molecule has 6 heteroatoms. The van der Waals surface area contributed by atoms with Gasteiger partial charge in [0.15, 0.2) is 0 Å². The SMILES string of the molecule is COc1ccc(NC2CC(Nc3ccc(OC)cc3)NN2)cc1. The van der Waals surface area contributed by atoms with E-state index in [0.29, 0.717) is 0 Å². The summed E-state index contributed by atoms with van der Waals surface area (Å²) in [5.41, 5.74) is 8.60. The van der Waals surface area contributed by atoms with E-state index in [1.165, 1.54) is 0 Å². The van der Waals surface area contributed by atoms with Crippen LogP contribution in [0.1, 0.15) is 6.42 Å². The van der Waals surface area contributed by atoms with E-state index in [4.69, 9.17) is 9.47 Å². The lowest BCUT2D eigenvalue weighted by molar-refractivity contribution is 0.414. The van der Waals surface area contributed by atoms with Crippen molar-refractivity contribution in [3.05, 3.63) is 48.5 Å². The molecule has 3 rings (SSSR count). The van der Waals surface area contributed by atoms with Gasteiger partial charge < -0.3 is 20.1 Å². The molecule has 2 unspecified atom stereocenters. The second-order valence-corrected chi connectivity index (χ2v) is 5.38. The molecule has 6 nitrogen and oxygen atoms in total. The molecule has 0 radical (unpaired) electrons. The normalized spacial score (nSPS) is 20.1. The van der Waals surface area contributed by atoms with E-state index >= 15 is 0 Å². The summed E-state index contributed by atoms with van der Waals surface area (Å²) in [7, 11) is 3.33. The molecule has 23 heavy (non-hydrogen) atoms. The summed E-state index contributed by atoms with van der Waals surface area (Å²) in [6.45, 7) is 0. The van der Waals surface area contributed by atoms with Crippen LogP contribution in [0, 0.1) is 0 Å². The standard InChI is InChI=1S/C17H22N4O2/c1-22-14-7-3-12(4-8-14)18-16-11-17(21-20-16)19-13-5-9-15(23-2)10-6-13/h3-10,16-21H,11H2,1-2H3. The van der Waals surface area contributed by atoms with Gasteiger partial charge in [-0.25, -0.2) is 10.9 Å². The zero-order chi connectivity index (χ0) is 16.1. The van der Waals surface area contributed by atoms with Crippen molar-refractivity contribution in [2.45, 2.75) is 18.8 Å². The molecule has 0 amide bonds. The van der Waals surface area contributed by atoms with Crippen LogP contribution in [0.3, 0.4) is 0 Å². The molecule has 2 aromatic rings.